The highest BCUT2D eigenvalue weighted by Crippen LogP contribution is 2.48. The predicted molar refractivity (Wildman–Crippen MR) is 85.0 cm³/mol. The first-order chi connectivity index (χ1) is 9.30. The lowest BCUT2D eigenvalue weighted by Gasteiger charge is -2.26. The van der Waals surface area contributed by atoms with Crippen molar-refractivity contribution in [3.63, 3.8) is 0 Å². The van der Waals surface area contributed by atoms with Crippen LogP contribution in [0.4, 0.5) is 4.39 Å². The highest BCUT2D eigenvalue weighted by Gasteiger charge is 2.36. The topological polar surface area (TPSA) is 0 Å². The Labute approximate surface area is 141 Å². The van der Waals surface area contributed by atoms with Gasteiger partial charge in [0, 0.05) is 0 Å². The molecule has 1 atom stereocenters. The summed E-state index contributed by atoms with van der Waals surface area (Å²) in [7, 11) is 0. The standard InChI is InChI=1S/C14H8Cl5F/c15-11-3-1-2-10(13(11)16)12(14(17,18)19)8-4-6-9(20)7-5-8/h1-7,12H. The molecule has 2 aromatic rings. The van der Waals surface area contributed by atoms with Gasteiger partial charge in [-0.1, -0.05) is 82.3 Å². The van der Waals surface area contributed by atoms with Gasteiger partial charge < -0.3 is 0 Å². The number of hydrogen-bond acceptors (Lipinski definition) is 0. The zero-order chi connectivity index (χ0) is 14.9. The van der Waals surface area contributed by atoms with Gasteiger partial charge in [0.2, 0.25) is 3.79 Å². The van der Waals surface area contributed by atoms with Gasteiger partial charge in [0.05, 0.1) is 16.0 Å². The summed E-state index contributed by atoms with van der Waals surface area (Å²) in [6, 6.07) is 10.8. The maximum Gasteiger partial charge on any atom is 0.201 e. The van der Waals surface area contributed by atoms with E-state index in [1.165, 1.54) is 12.1 Å². The van der Waals surface area contributed by atoms with E-state index in [1.807, 2.05) is 0 Å². The molecule has 0 heterocycles. The molecule has 106 valence electrons. The molecule has 0 saturated carbocycles. The summed E-state index contributed by atoms with van der Waals surface area (Å²) < 4.78 is 11.4. The molecular formula is C14H8Cl5F. The molecule has 0 aliphatic rings. The van der Waals surface area contributed by atoms with E-state index in [4.69, 9.17) is 58.0 Å². The van der Waals surface area contributed by atoms with Gasteiger partial charge in [0.25, 0.3) is 0 Å². The fourth-order valence-corrected chi connectivity index (χ4v) is 3.09. The van der Waals surface area contributed by atoms with Crippen LogP contribution in [0.2, 0.25) is 10.0 Å². The van der Waals surface area contributed by atoms with Crippen molar-refractivity contribution in [3.8, 4) is 0 Å². The van der Waals surface area contributed by atoms with Crippen molar-refractivity contribution in [3.05, 3.63) is 69.5 Å². The lowest BCUT2D eigenvalue weighted by atomic mass is 9.92. The molecule has 0 fully saturated rings. The molecule has 1 unspecified atom stereocenters. The fourth-order valence-electron chi connectivity index (χ4n) is 1.94. The summed E-state index contributed by atoms with van der Waals surface area (Å²) in [5.41, 5.74) is 1.21. The van der Waals surface area contributed by atoms with Crippen molar-refractivity contribution in [1.29, 1.82) is 0 Å². The zero-order valence-corrected chi connectivity index (χ0v) is 13.7. The quantitative estimate of drug-likeness (QED) is 0.519. The first-order valence-corrected chi connectivity index (χ1v) is 7.46. The van der Waals surface area contributed by atoms with Gasteiger partial charge in [-0.25, -0.2) is 4.39 Å². The number of hydrogen-bond donors (Lipinski definition) is 0. The lowest BCUT2D eigenvalue weighted by Crippen LogP contribution is -2.19. The van der Waals surface area contributed by atoms with Crippen LogP contribution in [0.15, 0.2) is 42.5 Å². The molecule has 0 saturated heterocycles. The van der Waals surface area contributed by atoms with E-state index in [0.29, 0.717) is 21.2 Å². The second kappa shape index (κ2) is 6.29. The van der Waals surface area contributed by atoms with Crippen molar-refractivity contribution < 1.29 is 4.39 Å². The van der Waals surface area contributed by atoms with E-state index >= 15 is 0 Å². The smallest absolute Gasteiger partial charge is 0.201 e. The Morgan fingerprint density at radius 1 is 0.900 bits per heavy atom. The Kier molecular flexibility index (Phi) is 5.09. The molecule has 2 aromatic carbocycles. The molecule has 0 spiro atoms. The van der Waals surface area contributed by atoms with Crippen molar-refractivity contribution in [2.75, 3.05) is 0 Å². The Hall–Kier alpha value is -0.180. The summed E-state index contributed by atoms with van der Waals surface area (Å²) in [6.07, 6.45) is 0. The molecule has 2 rings (SSSR count). The van der Waals surface area contributed by atoms with Crippen LogP contribution in [0.5, 0.6) is 0 Å². The van der Waals surface area contributed by atoms with Crippen LogP contribution in [0.1, 0.15) is 17.0 Å². The third-order valence-electron chi connectivity index (χ3n) is 2.82. The van der Waals surface area contributed by atoms with Crippen molar-refractivity contribution in [1.82, 2.24) is 0 Å². The maximum atomic E-state index is 13.0. The Morgan fingerprint density at radius 2 is 1.50 bits per heavy atom. The second-order valence-corrected chi connectivity index (χ2v) is 7.32. The summed E-state index contributed by atoms with van der Waals surface area (Å²) >= 11 is 30.4. The van der Waals surface area contributed by atoms with Crippen LogP contribution in [0, 0.1) is 5.82 Å². The highest BCUT2D eigenvalue weighted by molar-refractivity contribution is 6.68. The van der Waals surface area contributed by atoms with Crippen molar-refractivity contribution in [2.45, 2.75) is 9.71 Å². The third-order valence-corrected chi connectivity index (χ3v) is 4.31. The average Bonchev–Trinajstić information content (AvgIpc) is 2.36. The van der Waals surface area contributed by atoms with Crippen LogP contribution in [0.3, 0.4) is 0 Å². The van der Waals surface area contributed by atoms with Gasteiger partial charge in [-0.2, -0.15) is 0 Å². The SMILES string of the molecule is Fc1ccc(C(c2cccc(Cl)c2Cl)C(Cl)(Cl)Cl)cc1. The van der Waals surface area contributed by atoms with E-state index in [0.717, 1.165) is 0 Å². The number of alkyl halides is 3. The molecule has 0 amide bonds. The minimum Gasteiger partial charge on any atom is -0.207 e. The average molecular weight is 372 g/mol. The molecule has 0 aliphatic carbocycles. The van der Waals surface area contributed by atoms with Gasteiger partial charge in [-0.15, -0.1) is 0 Å². The van der Waals surface area contributed by atoms with E-state index in [-0.39, 0.29) is 5.82 Å². The van der Waals surface area contributed by atoms with Crippen LogP contribution in [-0.2, 0) is 0 Å². The Balaban J connectivity index is 2.59. The van der Waals surface area contributed by atoms with Gasteiger partial charge in [-0.3, -0.25) is 0 Å². The monoisotopic (exact) mass is 370 g/mol. The largest absolute Gasteiger partial charge is 0.207 e. The molecule has 0 aromatic heterocycles. The minimum absolute atomic E-state index is 0.315. The molecule has 0 nitrogen and oxygen atoms in total. The summed E-state index contributed by atoms with van der Waals surface area (Å²) in [5, 5.41) is 0.681. The number of rotatable bonds is 2. The molecule has 0 N–H and O–H groups in total. The van der Waals surface area contributed by atoms with Gasteiger partial charge in [0.1, 0.15) is 5.82 Å². The first kappa shape index (κ1) is 16.2. The summed E-state index contributed by atoms with van der Waals surface area (Å²) in [6.45, 7) is 0. The number of benzene rings is 2. The third kappa shape index (κ3) is 3.52. The van der Waals surface area contributed by atoms with E-state index in [9.17, 15) is 4.39 Å². The van der Waals surface area contributed by atoms with E-state index in [2.05, 4.69) is 0 Å². The highest BCUT2D eigenvalue weighted by atomic mass is 35.6. The Morgan fingerprint density at radius 3 is 2.05 bits per heavy atom. The number of halogens is 6. The summed E-state index contributed by atoms with van der Waals surface area (Å²) in [5.74, 6) is -1.02. The Bertz CT molecular complexity index is 604. The van der Waals surface area contributed by atoms with Crippen LogP contribution in [0.25, 0.3) is 0 Å². The van der Waals surface area contributed by atoms with E-state index < -0.39 is 9.71 Å². The van der Waals surface area contributed by atoms with Crippen LogP contribution < -0.4 is 0 Å². The fraction of sp³-hybridized carbons (Fsp3) is 0.143. The van der Waals surface area contributed by atoms with Gasteiger partial charge >= 0.3 is 0 Å². The normalized spacial score (nSPS) is 13.3. The molecule has 0 aliphatic heterocycles. The predicted octanol–water partition coefficient (Wildman–Crippen LogP) is 6.63. The van der Waals surface area contributed by atoms with Crippen molar-refractivity contribution in [2.24, 2.45) is 0 Å². The molecular weight excluding hydrogens is 364 g/mol. The zero-order valence-electron chi connectivity index (χ0n) is 9.89. The van der Waals surface area contributed by atoms with Crippen LogP contribution in [-0.4, -0.2) is 3.79 Å². The first-order valence-electron chi connectivity index (χ1n) is 5.57. The second-order valence-electron chi connectivity index (χ2n) is 4.17. The minimum atomic E-state index is -1.65. The van der Waals surface area contributed by atoms with Crippen LogP contribution >= 0.6 is 58.0 Å². The van der Waals surface area contributed by atoms with E-state index in [1.54, 1.807) is 30.3 Å². The van der Waals surface area contributed by atoms with Gasteiger partial charge in [0.15, 0.2) is 0 Å². The molecule has 20 heavy (non-hydrogen) atoms. The molecule has 6 heteroatoms. The summed E-state index contributed by atoms with van der Waals surface area (Å²) in [4.78, 5) is 0. The van der Waals surface area contributed by atoms with Crippen molar-refractivity contribution >= 4 is 58.0 Å². The van der Waals surface area contributed by atoms with Gasteiger partial charge in [-0.05, 0) is 29.3 Å². The maximum absolute atomic E-state index is 13.0. The molecule has 0 bridgehead atoms. The molecule has 0 radical (unpaired) electrons. The lowest BCUT2D eigenvalue weighted by molar-refractivity contribution is 0.626.